The molecular formula is C7H13N3. The Morgan fingerprint density at radius 1 is 1.50 bits per heavy atom. The van der Waals surface area contributed by atoms with Crippen molar-refractivity contribution >= 4 is 11.7 Å². The Labute approximate surface area is 61.3 Å². The lowest BCUT2D eigenvalue weighted by molar-refractivity contribution is 0.761. The number of aliphatic imine (C=N–C) groups is 2. The highest BCUT2D eigenvalue weighted by Gasteiger charge is 2.06. The second kappa shape index (κ2) is 2.82. The van der Waals surface area contributed by atoms with E-state index in [4.69, 9.17) is 0 Å². The number of amidine groups is 2. The Kier molecular flexibility index (Phi) is 2.04. The van der Waals surface area contributed by atoms with Gasteiger partial charge in [0.05, 0.1) is 0 Å². The van der Waals surface area contributed by atoms with Gasteiger partial charge in [0.2, 0.25) is 0 Å². The van der Waals surface area contributed by atoms with Crippen LogP contribution >= 0.6 is 0 Å². The molecule has 1 heterocycles. The van der Waals surface area contributed by atoms with E-state index in [1.54, 1.807) is 0 Å². The summed E-state index contributed by atoms with van der Waals surface area (Å²) >= 11 is 0. The van der Waals surface area contributed by atoms with Gasteiger partial charge >= 0.3 is 0 Å². The Morgan fingerprint density at radius 3 is 2.70 bits per heavy atom. The van der Waals surface area contributed by atoms with Crippen molar-refractivity contribution in [3.63, 3.8) is 0 Å². The fourth-order valence-electron chi connectivity index (χ4n) is 0.988. The highest BCUT2D eigenvalue weighted by atomic mass is 15.2. The summed E-state index contributed by atoms with van der Waals surface area (Å²) in [6, 6.07) is 0. The Bertz CT molecular complexity index is 181. The Morgan fingerprint density at radius 2 is 2.20 bits per heavy atom. The van der Waals surface area contributed by atoms with Crippen LogP contribution in [0.3, 0.4) is 0 Å². The van der Waals surface area contributed by atoms with E-state index >= 15 is 0 Å². The van der Waals surface area contributed by atoms with Crippen LogP contribution in [-0.2, 0) is 0 Å². The Balaban J connectivity index is 2.65. The molecular weight excluding hydrogens is 126 g/mol. The first-order valence-electron chi connectivity index (χ1n) is 3.60. The van der Waals surface area contributed by atoms with E-state index < -0.39 is 0 Å². The third-order valence-corrected chi connectivity index (χ3v) is 1.38. The van der Waals surface area contributed by atoms with Crippen LogP contribution in [0, 0.1) is 0 Å². The van der Waals surface area contributed by atoms with Crippen LogP contribution in [-0.4, -0.2) is 17.8 Å². The van der Waals surface area contributed by atoms with Crippen LogP contribution in [0.4, 0.5) is 0 Å². The summed E-state index contributed by atoms with van der Waals surface area (Å²) in [5, 5.41) is 3.10. The van der Waals surface area contributed by atoms with E-state index in [0.29, 0.717) is 0 Å². The van der Waals surface area contributed by atoms with Gasteiger partial charge in [-0.05, 0) is 13.8 Å². The summed E-state index contributed by atoms with van der Waals surface area (Å²) < 4.78 is 0. The predicted molar refractivity (Wildman–Crippen MR) is 43.4 cm³/mol. The molecule has 1 atom stereocenters. The second-order valence-corrected chi connectivity index (χ2v) is 2.40. The first-order valence-corrected chi connectivity index (χ1v) is 3.60. The summed E-state index contributed by atoms with van der Waals surface area (Å²) in [4.78, 5) is 8.47. The zero-order valence-corrected chi connectivity index (χ0v) is 6.68. The zero-order valence-electron chi connectivity index (χ0n) is 6.68. The lowest BCUT2D eigenvalue weighted by Crippen LogP contribution is -2.33. The maximum atomic E-state index is 4.27. The lowest BCUT2D eigenvalue weighted by Gasteiger charge is -2.15. The zero-order chi connectivity index (χ0) is 7.56. The summed E-state index contributed by atoms with van der Waals surface area (Å²) in [5.41, 5.74) is 0. The fourth-order valence-corrected chi connectivity index (χ4v) is 0.988. The van der Waals surface area contributed by atoms with Crippen LogP contribution in [0.25, 0.3) is 0 Å². The van der Waals surface area contributed by atoms with E-state index in [1.807, 2.05) is 13.8 Å². The SMILES string of the molecule is CCC1=NC(C)N=C(C)N1. The molecule has 0 aromatic rings. The highest BCUT2D eigenvalue weighted by Crippen LogP contribution is 1.99. The van der Waals surface area contributed by atoms with Gasteiger partial charge in [-0.1, -0.05) is 6.92 Å². The van der Waals surface area contributed by atoms with E-state index in [2.05, 4.69) is 22.2 Å². The van der Waals surface area contributed by atoms with Crippen LogP contribution in [0.1, 0.15) is 27.2 Å². The maximum absolute atomic E-state index is 4.27. The van der Waals surface area contributed by atoms with Gasteiger partial charge in [0.1, 0.15) is 17.8 Å². The lowest BCUT2D eigenvalue weighted by atomic mass is 10.4. The third-order valence-electron chi connectivity index (χ3n) is 1.38. The van der Waals surface area contributed by atoms with Crippen molar-refractivity contribution in [2.24, 2.45) is 9.98 Å². The monoisotopic (exact) mass is 139 g/mol. The minimum Gasteiger partial charge on any atom is -0.333 e. The van der Waals surface area contributed by atoms with Crippen molar-refractivity contribution in [3.8, 4) is 0 Å². The quantitative estimate of drug-likeness (QED) is 0.581. The molecule has 1 aliphatic rings. The van der Waals surface area contributed by atoms with Gasteiger partial charge in [-0.15, -0.1) is 0 Å². The first kappa shape index (κ1) is 7.25. The second-order valence-electron chi connectivity index (χ2n) is 2.40. The van der Waals surface area contributed by atoms with Crippen molar-refractivity contribution in [2.45, 2.75) is 33.4 Å². The van der Waals surface area contributed by atoms with Gasteiger partial charge in [-0.2, -0.15) is 0 Å². The summed E-state index contributed by atoms with van der Waals surface area (Å²) in [6.07, 6.45) is 1.06. The van der Waals surface area contributed by atoms with Crippen molar-refractivity contribution in [2.75, 3.05) is 0 Å². The number of rotatable bonds is 1. The highest BCUT2D eigenvalue weighted by molar-refractivity contribution is 6.00. The van der Waals surface area contributed by atoms with Crippen LogP contribution < -0.4 is 5.32 Å². The predicted octanol–water partition coefficient (Wildman–Crippen LogP) is 1.16. The molecule has 0 fully saturated rings. The molecule has 0 bridgehead atoms. The Hall–Kier alpha value is -0.860. The molecule has 0 amide bonds. The standard InChI is InChI=1S/C7H13N3/c1-4-7-9-5(2)8-6(3)10-7/h5H,4H2,1-3H3,(H,8,9,10). The molecule has 0 aromatic heterocycles. The van der Waals surface area contributed by atoms with Gasteiger partial charge in [0.15, 0.2) is 0 Å². The molecule has 1 unspecified atom stereocenters. The molecule has 3 nitrogen and oxygen atoms in total. The average molecular weight is 139 g/mol. The minimum atomic E-state index is 0.108. The number of hydrogen-bond donors (Lipinski definition) is 1. The van der Waals surface area contributed by atoms with Crippen molar-refractivity contribution in [3.05, 3.63) is 0 Å². The molecule has 0 saturated heterocycles. The van der Waals surface area contributed by atoms with Crippen LogP contribution in [0.15, 0.2) is 9.98 Å². The van der Waals surface area contributed by atoms with E-state index in [1.165, 1.54) is 0 Å². The molecule has 0 saturated carbocycles. The molecule has 0 aromatic carbocycles. The summed E-state index contributed by atoms with van der Waals surface area (Å²) in [5.74, 6) is 2.01. The molecule has 1 rings (SSSR count). The maximum Gasteiger partial charge on any atom is 0.140 e. The summed E-state index contributed by atoms with van der Waals surface area (Å²) in [6.45, 7) is 6.03. The molecule has 1 aliphatic heterocycles. The van der Waals surface area contributed by atoms with E-state index in [0.717, 1.165) is 18.1 Å². The third kappa shape index (κ3) is 1.56. The van der Waals surface area contributed by atoms with Gasteiger partial charge in [0.25, 0.3) is 0 Å². The molecule has 10 heavy (non-hydrogen) atoms. The van der Waals surface area contributed by atoms with Crippen LogP contribution in [0.2, 0.25) is 0 Å². The normalized spacial score (nSPS) is 24.9. The van der Waals surface area contributed by atoms with Crippen molar-refractivity contribution in [1.82, 2.24) is 5.32 Å². The summed E-state index contributed by atoms with van der Waals surface area (Å²) in [7, 11) is 0. The fraction of sp³-hybridized carbons (Fsp3) is 0.714. The smallest absolute Gasteiger partial charge is 0.140 e. The molecule has 1 N–H and O–H groups in total. The van der Waals surface area contributed by atoms with E-state index in [9.17, 15) is 0 Å². The largest absolute Gasteiger partial charge is 0.333 e. The average Bonchev–Trinajstić information content (AvgIpc) is 1.85. The molecule has 0 aliphatic carbocycles. The molecule has 0 spiro atoms. The number of nitrogens with one attached hydrogen (secondary N) is 1. The minimum absolute atomic E-state index is 0.108. The van der Waals surface area contributed by atoms with Crippen LogP contribution in [0.5, 0.6) is 0 Å². The van der Waals surface area contributed by atoms with Gasteiger partial charge in [-0.3, -0.25) is 0 Å². The molecule has 3 heteroatoms. The molecule has 56 valence electrons. The number of hydrogen-bond acceptors (Lipinski definition) is 3. The number of nitrogens with zero attached hydrogens (tertiary/aromatic N) is 2. The molecule has 0 radical (unpaired) electrons. The van der Waals surface area contributed by atoms with Gasteiger partial charge in [-0.25, -0.2) is 9.98 Å². The van der Waals surface area contributed by atoms with Crippen molar-refractivity contribution < 1.29 is 0 Å². The van der Waals surface area contributed by atoms with Gasteiger partial charge < -0.3 is 5.32 Å². The first-order chi connectivity index (χ1) is 4.72. The van der Waals surface area contributed by atoms with Gasteiger partial charge in [0, 0.05) is 6.42 Å². The van der Waals surface area contributed by atoms with Crippen molar-refractivity contribution in [1.29, 1.82) is 0 Å². The van der Waals surface area contributed by atoms with E-state index in [-0.39, 0.29) is 6.17 Å². The topological polar surface area (TPSA) is 36.8 Å².